The second kappa shape index (κ2) is 7.90. The molecule has 1 aliphatic rings. The number of thiophene rings is 1. The number of hydrogen-bond acceptors (Lipinski definition) is 9. The minimum atomic E-state index is -1.14. The van der Waals surface area contributed by atoms with E-state index in [9.17, 15) is 4.21 Å². The highest BCUT2D eigenvalue weighted by molar-refractivity contribution is 7.82. The van der Waals surface area contributed by atoms with Crippen molar-refractivity contribution >= 4 is 44.3 Å². The lowest BCUT2D eigenvalue weighted by Crippen LogP contribution is -2.37. The highest BCUT2D eigenvalue weighted by atomic mass is 32.2. The van der Waals surface area contributed by atoms with E-state index in [0.717, 1.165) is 34.0 Å². The molecule has 1 saturated heterocycles. The van der Waals surface area contributed by atoms with Crippen LogP contribution in [0.4, 0.5) is 11.8 Å². The van der Waals surface area contributed by atoms with Gasteiger partial charge in [0.25, 0.3) is 0 Å². The number of nitrogens with one attached hydrogen (secondary N) is 1. The van der Waals surface area contributed by atoms with E-state index in [-0.39, 0.29) is 5.95 Å². The first-order valence-corrected chi connectivity index (χ1v) is 11.5. The highest BCUT2D eigenvalue weighted by Crippen LogP contribution is 2.38. The number of anilines is 2. The van der Waals surface area contributed by atoms with E-state index < -0.39 is 16.5 Å². The molecule has 3 N–H and O–H groups in total. The van der Waals surface area contributed by atoms with E-state index in [1.54, 1.807) is 30.0 Å². The van der Waals surface area contributed by atoms with E-state index >= 15 is 0 Å². The van der Waals surface area contributed by atoms with Gasteiger partial charge in [-0.2, -0.15) is 0 Å². The minimum Gasteiger partial charge on any atom is -0.378 e. The number of nitrogens with two attached hydrogens (primary N) is 1. The number of hydrogen-bond donors (Lipinski definition) is 2. The third-order valence-corrected chi connectivity index (χ3v) is 6.85. The average Bonchev–Trinajstić information content (AvgIpc) is 3.13. The first-order valence-electron chi connectivity index (χ1n) is 9.17. The van der Waals surface area contributed by atoms with Gasteiger partial charge in [0.2, 0.25) is 5.95 Å². The zero-order valence-corrected chi connectivity index (χ0v) is 18.1. The van der Waals surface area contributed by atoms with Crippen LogP contribution in [-0.2, 0) is 21.3 Å². The van der Waals surface area contributed by atoms with E-state index in [1.807, 2.05) is 19.9 Å². The second-order valence-corrected chi connectivity index (χ2v) is 9.47. The van der Waals surface area contributed by atoms with Crippen LogP contribution in [0, 0.1) is 0 Å². The number of morpholine rings is 1. The van der Waals surface area contributed by atoms with Crippen molar-refractivity contribution < 1.29 is 8.95 Å². The molecule has 4 heterocycles. The first kappa shape index (κ1) is 20.1. The predicted octanol–water partition coefficient (Wildman–Crippen LogP) is 1.69. The lowest BCUT2D eigenvalue weighted by atomic mass is 10.1. The molecule has 1 atom stereocenters. The number of fused-ring (bicyclic) bond motifs is 1. The maximum Gasteiger partial charge on any atom is 0.219 e. The summed E-state index contributed by atoms with van der Waals surface area (Å²) in [5.41, 5.74) is 6.70. The SMILES string of the molecule is CS(=O)NC(C)(C)c1cc2nc(-c3cnc(N)nc3)nc(N3CCOCC3)c2s1. The van der Waals surface area contributed by atoms with Crippen LogP contribution < -0.4 is 15.4 Å². The molecule has 11 heteroatoms. The van der Waals surface area contributed by atoms with Crippen molar-refractivity contribution in [2.75, 3.05) is 43.2 Å². The fourth-order valence-electron chi connectivity index (χ4n) is 3.20. The molecule has 0 bridgehead atoms. The van der Waals surface area contributed by atoms with Gasteiger partial charge in [0.1, 0.15) is 0 Å². The molecule has 0 amide bonds. The second-order valence-electron chi connectivity index (χ2n) is 7.31. The van der Waals surface area contributed by atoms with Crippen LogP contribution in [0.2, 0.25) is 0 Å². The van der Waals surface area contributed by atoms with Gasteiger partial charge < -0.3 is 15.4 Å². The van der Waals surface area contributed by atoms with Crippen LogP contribution in [0.15, 0.2) is 18.5 Å². The molecule has 0 aromatic carbocycles. The van der Waals surface area contributed by atoms with Crippen LogP contribution in [0.1, 0.15) is 18.7 Å². The number of ether oxygens (including phenoxy) is 1. The average molecular weight is 434 g/mol. The van der Waals surface area contributed by atoms with Gasteiger partial charge in [0, 0.05) is 36.6 Å². The number of nitrogens with zero attached hydrogens (tertiary/aromatic N) is 5. The smallest absolute Gasteiger partial charge is 0.219 e. The largest absolute Gasteiger partial charge is 0.378 e. The van der Waals surface area contributed by atoms with Crippen molar-refractivity contribution in [3.63, 3.8) is 0 Å². The molecule has 0 aliphatic carbocycles. The summed E-state index contributed by atoms with van der Waals surface area (Å²) >= 11 is 1.62. The van der Waals surface area contributed by atoms with Crippen LogP contribution in [0.25, 0.3) is 21.6 Å². The summed E-state index contributed by atoms with van der Waals surface area (Å²) in [5.74, 6) is 1.63. The molecule has 9 nitrogen and oxygen atoms in total. The van der Waals surface area contributed by atoms with Crippen LogP contribution in [-0.4, -0.2) is 56.7 Å². The van der Waals surface area contributed by atoms with Crippen LogP contribution in [0.5, 0.6) is 0 Å². The predicted molar refractivity (Wildman–Crippen MR) is 116 cm³/mol. The zero-order chi connectivity index (χ0) is 20.6. The summed E-state index contributed by atoms with van der Waals surface area (Å²) in [4.78, 5) is 21.0. The Balaban J connectivity index is 1.86. The molecule has 0 spiro atoms. The topological polar surface area (TPSA) is 119 Å². The molecule has 29 heavy (non-hydrogen) atoms. The summed E-state index contributed by atoms with van der Waals surface area (Å²) in [6, 6.07) is 2.03. The van der Waals surface area contributed by atoms with Gasteiger partial charge in [-0.15, -0.1) is 11.3 Å². The molecular formula is C18H23N7O2S2. The van der Waals surface area contributed by atoms with E-state index in [4.69, 9.17) is 20.4 Å². The molecule has 0 radical (unpaired) electrons. The Morgan fingerprint density at radius 2 is 1.93 bits per heavy atom. The van der Waals surface area contributed by atoms with E-state index in [0.29, 0.717) is 24.6 Å². The molecule has 3 aromatic heterocycles. The summed E-state index contributed by atoms with van der Waals surface area (Å²) in [6.45, 7) is 6.86. The van der Waals surface area contributed by atoms with Gasteiger partial charge in [-0.1, -0.05) is 0 Å². The van der Waals surface area contributed by atoms with Gasteiger partial charge >= 0.3 is 0 Å². The van der Waals surface area contributed by atoms with Crippen molar-refractivity contribution in [2.45, 2.75) is 19.4 Å². The first-order chi connectivity index (χ1) is 13.8. The fraction of sp³-hybridized carbons (Fsp3) is 0.444. The number of aromatic nitrogens is 4. The molecule has 4 rings (SSSR count). The van der Waals surface area contributed by atoms with Crippen LogP contribution in [0.3, 0.4) is 0 Å². The molecule has 1 unspecified atom stereocenters. The number of rotatable bonds is 5. The fourth-order valence-corrected chi connectivity index (χ4v) is 5.27. The summed E-state index contributed by atoms with van der Waals surface area (Å²) in [5, 5.41) is 0. The molecule has 1 aliphatic heterocycles. The molecule has 3 aromatic rings. The summed E-state index contributed by atoms with van der Waals surface area (Å²) in [7, 11) is -1.14. The van der Waals surface area contributed by atoms with Crippen molar-refractivity contribution in [3.05, 3.63) is 23.3 Å². The zero-order valence-electron chi connectivity index (χ0n) is 16.5. The minimum absolute atomic E-state index is 0.210. The van der Waals surface area contributed by atoms with Crippen molar-refractivity contribution in [3.8, 4) is 11.4 Å². The third-order valence-electron chi connectivity index (χ3n) is 4.61. The molecule has 154 valence electrons. The molecular weight excluding hydrogens is 410 g/mol. The van der Waals surface area contributed by atoms with Gasteiger partial charge in [-0.25, -0.2) is 28.9 Å². The van der Waals surface area contributed by atoms with Gasteiger partial charge in [-0.05, 0) is 19.9 Å². The Morgan fingerprint density at radius 1 is 1.24 bits per heavy atom. The van der Waals surface area contributed by atoms with Gasteiger partial charge in [-0.3, -0.25) is 0 Å². The van der Waals surface area contributed by atoms with Crippen molar-refractivity contribution in [2.24, 2.45) is 0 Å². The standard InChI is InChI=1S/C18H23N7O2S2/c1-18(2,24-29(3)26)13-8-12-14(28-13)16(25-4-6-27-7-5-25)23-15(22-12)11-9-20-17(19)21-10-11/h8-10,24H,4-7H2,1-3H3,(H2,19,20,21). The van der Waals surface area contributed by atoms with Gasteiger partial charge in [0.15, 0.2) is 11.6 Å². The lowest BCUT2D eigenvalue weighted by molar-refractivity contribution is 0.122. The van der Waals surface area contributed by atoms with Crippen molar-refractivity contribution in [1.82, 2.24) is 24.7 Å². The summed E-state index contributed by atoms with van der Waals surface area (Å²) < 4.78 is 21.4. The van der Waals surface area contributed by atoms with Crippen molar-refractivity contribution in [1.29, 1.82) is 0 Å². The Labute approximate surface area is 175 Å². The maximum atomic E-state index is 11.8. The number of nitrogen functional groups attached to an aromatic ring is 1. The quantitative estimate of drug-likeness (QED) is 0.624. The maximum absolute atomic E-state index is 11.8. The lowest BCUT2D eigenvalue weighted by Gasteiger charge is -2.28. The van der Waals surface area contributed by atoms with E-state index in [1.165, 1.54) is 0 Å². The highest BCUT2D eigenvalue weighted by Gasteiger charge is 2.27. The summed E-state index contributed by atoms with van der Waals surface area (Å²) in [6.07, 6.45) is 4.89. The Kier molecular flexibility index (Phi) is 5.47. The Morgan fingerprint density at radius 3 is 2.59 bits per heavy atom. The Bertz CT molecular complexity index is 1050. The Hall–Kier alpha value is -2.21. The molecule has 1 fully saturated rings. The normalized spacial score (nSPS) is 16.3. The monoisotopic (exact) mass is 433 g/mol. The van der Waals surface area contributed by atoms with Gasteiger partial charge in [0.05, 0.1) is 45.5 Å². The van der Waals surface area contributed by atoms with Crippen LogP contribution >= 0.6 is 11.3 Å². The third kappa shape index (κ3) is 4.22. The molecule has 0 saturated carbocycles. The van der Waals surface area contributed by atoms with E-state index in [2.05, 4.69) is 19.6 Å².